The minimum absolute atomic E-state index is 0.277. The van der Waals surface area contributed by atoms with E-state index in [1.165, 1.54) is 6.42 Å². The third-order valence-electron chi connectivity index (χ3n) is 3.28. The Balaban J connectivity index is 2.21. The molecule has 0 radical (unpaired) electrons. The normalized spacial score (nSPS) is 46.8. The van der Waals surface area contributed by atoms with Crippen LogP contribution in [-0.4, -0.2) is 5.78 Å². The first kappa shape index (κ1) is 7.33. The second-order valence-corrected chi connectivity index (χ2v) is 5.39. The van der Waals surface area contributed by atoms with Crippen molar-refractivity contribution in [2.24, 2.45) is 16.7 Å². The highest BCUT2D eigenvalue weighted by Crippen LogP contribution is 2.63. The fourth-order valence-electron chi connectivity index (χ4n) is 2.86. The number of carbonyl (C=O) groups is 1. The molecule has 2 aliphatic rings. The van der Waals surface area contributed by atoms with E-state index in [1.54, 1.807) is 0 Å². The summed E-state index contributed by atoms with van der Waals surface area (Å²) < 4.78 is 0. The van der Waals surface area contributed by atoms with Crippen molar-refractivity contribution in [2.75, 3.05) is 0 Å². The smallest absolute Gasteiger partial charge is 0.137 e. The first-order valence-corrected chi connectivity index (χ1v) is 4.46. The van der Waals surface area contributed by atoms with Crippen LogP contribution >= 0.6 is 0 Å². The highest BCUT2D eigenvalue weighted by atomic mass is 16.1. The molecule has 0 heterocycles. The molecule has 0 aromatic heterocycles. The van der Waals surface area contributed by atoms with Gasteiger partial charge >= 0.3 is 0 Å². The van der Waals surface area contributed by atoms with Crippen LogP contribution in [0.25, 0.3) is 0 Å². The Labute approximate surface area is 68.2 Å². The van der Waals surface area contributed by atoms with Crippen LogP contribution in [0.5, 0.6) is 0 Å². The lowest BCUT2D eigenvalue weighted by molar-refractivity contribution is -0.125. The largest absolute Gasteiger partial charge is 0.299 e. The third kappa shape index (κ3) is 1.02. The van der Waals surface area contributed by atoms with E-state index < -0.39 is 0 Å². The summed E-state index contributed by atoms with van der Waals surface area (Å²) >= 11 is 0. The molecule has 2 atom stereocenters. The number of carbonyl (C=O) groups excluding carboxylic acids is 1. The van der Waals surface area contributed by atoms with E-state index in [9.17, 15) is 4.79 Å². The molecule has 2 saturated carbocycles. The minimum atomic E-state index is 0.277. The maximum atomic E-state index is 11.5. The number of ketones is 1. The molecule has 2 fully saturated rings. The second-order valence-electron chi connectivity index (χ2n) is 5.39. The summed E-state index contributed by atoms with van der Waals surface area (Å²) in [4.78, 5) is 11.5. The van der Waals surface area contributed by atoms with Crippen molar-refractivity contribution >= 4 is 5.78 Å². The Kier molecular flexibility index (Phi) is 1.13. The summed E-state index contributed by atoms with van der Waals surface area (Å²) in [6.07, 6.45) is 3.22. The highest BCUT2D eigenvalue weighted by Gasteiger charge is 2.59. The van der Waals surface area contributed by atoms with Crippen LogP contribution in [0.2, 0.25) is 0 Å². The van der Waals surface area contributed by atoms with Gasteiger partial charge in [-0.15, -0.1) is 0 Å². The topological polar surface area (TPSA) is 17.1 Å². The summed E-state index contributed by atoms with van der Waals surface area (Å²) in [7, 11) is 0. The Bertz CT molecular complexity index is 214. The lowest BCUT2D eigenvalue weighted by Gasteiger charge is -2.32. The van der Waals surface area contributed by atoms with Crippen molar-refractivity contribution in [1.82, 2.24) is 0 Å². The number of fused-ring (bicyclic) bond motifs is 1. The average Bonchev–Trinajstić information content (AvgIpc) is 2.36. The molecule has 2 rings (SSSR count). The van der Waals surface area contributed by atoms with Crippen molar-refractivity contribution in [2.45, 2.75) is 40.0 Å². The fourth-order valence-corrected chi connectivity index (χ4v) is 2.86. The number of rotatable bonds is 0. The van der Waals surface area contributed by atoms with Crippen molar-refractivity contribution < 1.29 is 4.79 Å². The monoisotopic (exact) mass is 152 g/mol. The van der Waals surface area contributed by atoms with Gasteiger partial charge in [-0.3, -0.25) is 4.79 Å². The zero-order chi connectivity index (χ0) is 8.28. The van der Waals surface area contributed by atoms with Gasteiger partial charge in [0.25, 0.3) is 0 Å². The predicted molar refractivity (Wildman–Crippen MR) is 44.2 cm³/mol. The molecule has 11 heavy (non-hydrogen) atoms. The van der Waals surface area contributed by atoms with E-state index in [0.29, 0.717) is 17.1 Å². The number of hydrogen-bond acceptors (Lipinski definition) is 1. The summed E-state index contributed by atoms with van der Waals surface area (Å²) in [5.74, 6) is 0.958. The highest BCUT2D eigenvalue weighted by molar-refractivity contribution is 5.86. The van der Waals surface area contributed by atoms with Gasteiger partial charge in [0.1, 0.15) is 5.78 Å². The van der Waals surface area contributed by atoms with E-state index in [0.717, 1.165) is 12.8 Å². The van der Waals surface area contributed by atoms with Gasteiger partial charge in [0.15, 0.2) is 0 Å². The van der Waals surface area contributed by atoms with Gasteiger partial charge < -0.3 is 0 Å². The summed E-state index contributed by atoms with van der Waals surface area (Å²) in [5.41, 5.74) is 0.678. The molecule has 0 aromatic carbocycles. The second kappa shape index (κ2) is 1.70. The molecule has 62 valence electrons. The van der Waals surface area contributed by atoms with Gasteiger partial charge in [0.2, 0.25) is 0 Å². The molecule has 2 aliphatic carbocycles. The van der Waals surface area contributed by atoms with E-state index in [-0.39, 0.29) is 5.41 Å². The molecule has 1 nitrogen and oxygen atoms in total. The van der Waals surface area contributed by atoms with Gasteiger partial charge in [-0.25, -0.2) is 0 Å². The Morgan fingerprint density at radius 3 is 2.55 bits per heavy atom. The quantitative estimate of drug-likeness (QED) is 0.521. The van der Waals surface area contributed by atoms with Crippen LogP contribution in [0.1, 0.15) is 40.0 Å². The SMILES string of the molecule is CC1(C)CC(=O)[C@@H]2C[C@]2(C)C1. The van der Waals surface area contributed by atoms with Crippen molar-refractivity contribution in [3.05, 3.63) is 0 Å². The van der Waals surface area contributed by atoms with Gasteiger partial charge in [0.05, 0.1) is 0 Å². The third-order valence-corrected chi connectivity index (χ3v) is 3.28. The molecular formula is C10H16O. The van der Waals surface area contributed by atoms with Crippen LogP contribution in [0.3, 0.4) is 0 Å². The Morgan fingerprint density at radius 2 is 2.00 bits per heavy atom. The van der Waals surface area contributed by atoms with Gasteiger partial charge in [-0.2, -0.15) is 0 Å². The fraction of sp³-hybridized carbons (Fsp3) is 0.900. The Morgan fingerprint density at radius 1 is 1.36 bits per heavy atom. The predicted octanol–water partition coefficient (Wildman–Crippen LogP) is 2.40. The van der Waals surface area contributed by atoms with Crippen molar-refractivity contribution in [3.63, 3.8) is 0 Å². The maximum absolute atomic E-state index is 11.5. The number of Topliss-reactive ketones (excluding diaryl/α,β-unsaturated/α-hetero) is 1. The molecule has 0 saturated heterocycles. The molecule has 0 N–H and O–H groups in total. The first-order valence-electron chi connectivity index (χ1n) is 4.46. The van der Waals surface area contributed by atoms with Crippen LogP contribution in [0.15, 0.2) is 0 Å². The van der Waals surface area contributed by atoms with E-state index in [4.69, 9.17) is 0 Å². The molecule has 0 spiro atoms. The molecule has 0 aliphatic heterocycles. The standard InChI is InChI=1S/C10H16O/c1-9(2)5-8(11)7-4-10(7,3)6-9/h7H,4-6H2,1-3H3/t7-,10+/m0/s1. The zero-order valence-corrected chi connectivity index (χ0v) is 7.61. The van der Waals surface area contributed by atoms with Crippen molar-refractivity contribution in [3.8, 4) is 0 Å². The van der Waals surface area contributed by atoms with Crippen LogP contribution < -0.4 is 0 Å². The van der Waals surface area contributed by atoms with Gasteiger partial charge in [-0.1, -0.05) is 20.8 Å². The van der Waals surface area contributed by atoms with Gasteiger partial charge in [0, 0.05) is 12.3 Å². The molecule has 1 heteroatoms. The molecule has 0 aromatic rings. The summed E-state index contributed by atoms with van der Waals surface area (Å²) in [6, 6.07) is 0. The lowest BCUT2D eigenvalue weighted by atomic mass is 9.72. The number of hydrogen-bond donors (Lipinski definition) is 0. The summed E-state index contributed by atoms with van der Waals surface area (Å²) in [6.45, 7) is 6.69. The minimum Gasteiger partial charge on any atom is -0.299 e. The first-order chi connectivity index (χ1) is 4.93. The van der Waals surface area contributed by atoms with Crippen LogP contribution in [0, 0.1) is 16.7 Å². The average molecular weight is 152 g/mol. The van der Waals surface area contributed by atoms with Crippen molar-refractivity contribution in [1.29, 1.82) is 0 Å². The van der Waals surface area contributed by atoms with Gasteiger partial charge in [-0.05, 0) is 23.7 Å². The Hall–Kier alpha value is -0.330. The van der Waals surface area contributed by atoms with Crippen LogP contribution in [-0.2, 0) is 4.79 Å². The van der Waals surface area contributed by atoms with E-state index in [1.807, 2.05) is 0 Å². The molecule has 0 amide bonds. The molecule has 0 unspecified atom stereocenters. The van der Waals surface area contributed by atoms with Crippen LogP contribution in [0.4, 0.5) is 0 Å². The molecular weight excluding hydrogens is 136 g/mol. The van der Waals surface area contributed by atoms with E-state index >= 15 is 0 Å². The molecule has 0 bridgehead atoms. The summed E-state index contributed by atoms with van der Waals surface area (Å²) in [5, 5.41) is 0. The maximum Gasteiger partial charge on any atom is 0.137 e. The zero-order valence-electron chi connectivity index (χ0n) is 7.61. The lowest BCUT2D eigenvalue weighted by Crippen LogP contribution is -2.28. The van der Waals surface area contributed by atoms with E-state index in [2.05, 4.69) is 20.8 Å².